The Bertz CT molecular complexity index is 524. The van der Waals surface area contributed by atoms with Gasteiger partial charge in [0.15, 0.2) is 0 Å². The number of hydrogen-bond acceptors (Lipinski definition) is 2. The van der Waals surface area contributed by atoms with Gasteiger partial charge in [-0.2, -0.15) is 0 Å². The zero-order valence-corrected chi connectivity index (χ0v) is 12.9. The third-order valence-corrected chi connectivity index (χ3v) is 3.48. The second kappa shape index (κ2) is 6.27. The van der Waals surface area contributed by atoms with E-state index in [1.54, 1.807) is 26.0 Å². The zero-order chi connectivity index (χ0) is 15.5. The predicted octanol–water partition coefficient (Wildman–Crippen LogP) is 3.30. The molecule has 0 aliphatic rings. The Labute approximate surface area is 124 Å². The Hall–Kier alpha value is -1.55. The van der Waals surface area contributed by atoms with E-state index in [1.165, 1.54) is 0 Å². The molecular formula is C15H20ClNO3. The Morgan fingerprint density at radius 2 is 1.95 bits per heavy atom. The van der Waals surface area contributed by atoms with Gasteiger partial charge in [0.05, 0.1) is 5.41 Å². The number of amides is 1. The van der Waals surface area contributed by atoms with E-state index < -0.39 is 11.4 Å². The van der Waals surface area contributed by atoms with Gasteiger partial charge in [-0.05, 0) is 37.5 Å². The zero-order valence-electron chi connectivity index (χ0n) is 12.2. The molecule has 110 valence electrons. The maximum atomic E-state index is 12.0. The fraction of sp³-hybridized carbons (Fsp3) is 0.467. The monoisotopic (exact) mass is 297 g/mol. The highest BCUT2D eigenvalue weighted by atomic mass is 35.5. The summed E-state index contributed by atoms with van der Waals surface area (Å²) in [5.74, 6) is -0.993. The summed E-state index contributed by atoms with van der Waals surface area (Å²) in [6, 6.07) is 5.13. The molecule has 1 amide bonds. The topological polar surface area (TPSA) is 66.4 Å². The number of hydrogen-bond donors (Lipinski definition) is 2. The van der Waals surface area contributed by atoms with Crippen LogP contribution in [0.4, 0.5) is 0 Å². The molecule has 0 aromatic heterocycles. The molecule has 0 radical (unpaired) electrons. The first-order chi connectivity index (χ1) is 9.15. The van der Waals surface area contributed by atoms with Gasteiger partial charge < -0.3 is 10.4 Å². The third-order valence-electron chi connectivity index (χ3n) is 3.15. The lowest BCUT2D eigenvalue weighted by Crippen LogP contribution is -2.38. The van der Waals surface area contributed by atoms with Crippen molar-refractivity contribution in [2.75, 3.05) is 6.54 Å². The molecular weight excluding hydrogens is 278 g/mol. The number of carbonyl (C=O) groups excluding carboxylic acids is 1. The fourth-order valence-electron chi connectivity index (χ4n) is 1.62. The van der Waals surface area contributed by atoms with E-state index in [-0.39, 0.29) is 18.4 Å². The molecule has 1 aromatic carbocycles. The van der Waals surface area contributed by atoms with Gasteiger partial charge >= 0.3 is 5.97 Å². The normalized spacial score (nSPS) is 11.5. The van der Waals surface area contributed by atoms with Crippen LogP contribution in [0.2, 0.25) is 5.02 Å². The van der Waals surface area contributed by atoms with E-state index >= 15 is 0 Å². The average molecular weight is 298 g/mol. The molecule has 0 saturated heterocycles. The summed E-state index contributed by atoms with van der Waals surface area (Å²) in [6.07, 6.45) is 0. The molecule has 1 rings (SSSR count). The quantitative estimate of drug-likeness (QED) is 0.876. The van der Waals surface area contributed by atoms with Crippen LogP contribution in [0.25, 0.3) is 0 Å². The van der Waals surface area contributed by atoms with E-state index in [4.69, 9.17) is 16.7 Å². The van der Waals surface area contributed by atoms with Crippen molar-refractivity contribution < 1.29 is 14.7 Å². The van der Waals surface area contributed by atoms with Crippen molar-refractivity contribution in [2.45, 2.75) is 33.6 Å². The van der Waals surface area contributed by atoms with Gasteiger partial charge in [-0.1, -0.05) is 31.5 Å². The third kappa shape index (κ3) is 3.97. The summed E-state index contributed by atoms with van der Waals surface area (Å²) < 4.78 is 0. The summed E-state index contributed by atoms with van der Waals surface area (Å²) in [4.78, 5) is 23.0. The highest BCUT2D eigenvalue weighted by molar-refractivity contribution is 6.31. The van der Waals surface area contributed by atoms with Gasteiger partial charge in [0.1, 0.15) is 0 Å². The van der Waals surface area contributed by atoms with Crippen LogP contribution >= 0.6 is 11.6 Å². The number of nitrogens with one attached hydrogen (secondary N) is 1. The highest BCUT2D eigenvalue weighted by Crippen LogP contribution is 2.25. The highest BCUT2D eigenvalue weighted by Gasteiger charge is 2.27. The van der Waals surface area contributed by atoms with Gasteiger partial charge in [-0.25, -0.2) is 0 Å². The van der Waals surface area contributed by atoms with Crippen molar-refractivity contribution in [3.63, 3.8) is 0 Å². The lowest BCUT2D eigenvalue weighted by atomic mass is 9.94. The Morgan fingerprint density at radius 3 is 2.40 bits per heavy atom. The largest absolute Gasteiger partial charge is 0.481 e. The fourth-order valence-corrected chi connectivity index (χ4v) is 2.01. The number of carboxylic acid groups (broad SMARTS) is 1. The van der Waals surface area contributed by atoms with Crippen LogP contribution in [0.5, 0.6) is 0 Å². The van der Waals surface area contributed by atoms with Crippen LogP contribution in [-0.4, -0.2) is 23.5 Å². The SMILES string of the molecule is CC(C)c1ccc(C(=O)NCC(C)(C)C(=O)O)cc1Cl. The van der Waals surface area contributed by atoms with Gasteiger partial charge in [-0.3, -0.25) is 9.59 Å². The van der Waals surface area contributed by atoms with Crippen LogP contribution < -0.4 is 5.32 Å². The number of halogens is 1. The minimum atomic E-state index is -1.00. The van der Waals surface area contributed by atoms with Gasteiger partial charge in [0.25, 0.3) is 5.91 Å². The molecule has 0 spiro atoms. The predicted molar refractivity (Wildman–Crippen MR) is 79.3 cm³/mol. The molecule has 2 N–H and O–H groups in total. The molecule has 0 fully saturated rings. The van der Waals surface area contributed by atoms with Crippen LogP contribution in [0.15, 0.2) is 18.2 Å². The Balaban J connectivity index is 2.79. The van der Waals surface area contributed by atoms with E-state index in [2.05, 4.69) is 5.32 Å². The summed E-state index contributed by atoms with van der Waals surface area (Å²) in [5.41, 5.74) is 0.409. The second-order valence-corrected chi connectivity index (χ2v) is 6.17. The molecule has 1 aromatic rings. The van der Waals surface area contributed by atoms with Crippen molar-refractivity contribution in [1.82, 2.24) is 5.32 Å². The molecule has 0 bridgehead atoms. The lowest BCUT2D eigenvalue weighted by Gasteiger charge is -2.19. The van der Waals surface area contributed by atoms with E-state index in [1.807, 2.05) is 19.9 Å². The lowest BCUT2D eigenvalue weighted by molar-refractivity contribution is -0.146. The first-order valence-electron chi connectivity index (χ1n) is 6.46. The van der Waals surface area contributed by atoms with Crippen molar-refractivity contribution in [2.24, 2.45) is 5.41 Å². The van der Waals surface area contributed by atoms with Crippen molar-refractivity contribution in [3.05, 3.63) is 34.3 Å². The number of rotatable bonds is 5. The van der Waals surface area contributed by atoms with E-state index in [9.17, 15) is 9.59 Å². The first kappa shape index (κ1) is 16.5. The maximum Gasteiger partial charge on any atom is 0.310 e. The van der Waals surface area contributed by atoms with Gasteiger partial charge in [0.2, 0.25) is 0 Å². The smallest absolute Gasteiger partial charge is 0.310 e. The second-order valence-electron chi connectivity index (χ2n) is 5.76. The number of carboxylic acids is 1. The Kier molecular flexibility index (Phi) is 5.17. The summed E-state index contributed by atoms with van der Waals surface area (Å²) in [5, 5.41) is 12.2. The summed E-state index contributed by atoms with van der Waals surface area (Å²) in [6.45, 7) is 7.23. The molecule has 0 aliphatic heterocycles. The number of aliphatic carboxylic acids is 1. The molecule has 0 saturated carbocycles. The van der Waals surface area contributed by atoms with Crippen LogP contribution in [-0.2, 0) is 4.79 Å². The molecule has 5 heteroatoms. The summed E-state index contributed by atoms with van der Waals surface area (Å²) in [7, 11) is 0. The van der Waals surface area contributed by atoms with E-state index in [0.29, 0.717) is 10.6 Å². The molecule has 0 atom stereocenters. The molecule has 20 heavy (non-hydrogen) atoms. The molecule has 0 unspecified atom stereocenters. The minimum absolute atomic E-state index is 0.0602. The van der Waals surface area contributed by atoms with Crippen molar-refractivity contribution in [3.8, 4) is 0 Å². The molecule has 0 aliphatic carbocycles. The average Bonchev–Trinajstić information content (AvgIpc) is 2.35. The van der Waals surface area contributed by atoms with Crippen LogP contribution in [0, 0.1) is 5.41 Å². The first-order valence-corrected chi connectivity index (χ1v) is 6.84. The van der Waals surface area contributed by atoms with E-state index in [0.717, 1.165) is 5.56 Å². The number of carbonyl (C=O) groups is 2. The van der Waals surface area contributed by atoms with Crippen LogP contribution in [0.3, 0.4) is 0 Å². The Morgan fingerprint density at radius 1 is 1.35 bits per heavy atom. The summed E-state index contributed by atoms with van der Waals surface area (Å²) >= 11 is 6.13. The van der Waals surface area contributed by atoms with Gasteiger partial charge in [-0.15, -0.1) is 0 Å². The maximum absolute atomic E-state index is 12.0. The standard InChI is InChI=1S/C15H20ClNO3/c1-9(2)11-6-5-10(7-12(11)16)13(18)17-8-15(3,4)14(19)20/h5-7,9H,8H2,1-4H3,(H,17,18)(H,19,20). The molecule has 0 heterocycles. The van der Waals surface area contributed by atoms with Crippen LogP contribution in [0.1, 0.15) is 49.5 Å². The van der Waals surface area contributed by atoms with Gasteiger partial charge in [0, 0.05) is 17.1 Å². The molecule has 4 nitrogen and oxygen atoms in total. The number of benzene rings is 1. The minimum Gasteiger partial charge on any atom is -0.481 e. The van der Waals surface area contributed by atoms with Crippen molar-refractivity contribution in [1.29, 1.82) is 0 Å². The van der Waals surface area contributed by atoms with Crippen molar-refractivity contribution >= 4 is 23.5 Å².